The number of epoxide rings is 1. The Balaban J connectivity index is 1.72. The number of nitrogens with zero attached hydrogens (tertiary/aromatic N) is 1. The van der Waals surface area contributed by atoms with E-state index in [2.05, 4.69) is 4.90 Å². The van der Waals surface area contributed by atoms with Gasteiger partial charge >= 0.3 is 5.97 Å². The van der Waals surface area contributed by atoms with Crippen LogP contribution in [-0.2, 0) is 14.3 Å². The van der Waals surface area contributed by atoms with E-state index in [-0.39, 0.29) is 11.6 Å². The number of esters is 1. The van der Waals surface area contributed by atoms with Crippen LogP contribution in [0.25, 0.3) is 0 Å². The lowest BCUT2D eigenvalue weighted by atomic mass is 10.2. The van der Waals surface area contributed by atoms with E-state index < -0.39 is 0 Å². The molecule has 0 aliphatic carbocycles. The van der Waals surface area contributed by atoms with Crippen molar-refractivity contribution in [1.29, 1.82) is 0 Å². The molecule has 4 heteroatoms. The Morgan fingerprint density at radius 3 is 2.50 bits per heavy atom. The molecule has 2 fully saturated rings. The zero-order valence-electron chi connectivity index (χ0n) is 8.95. The van der Waals surface area contributed by atoms with Gasteiger partial charge in [0.15, 0.2) is 0 Å². The highest BCUT2D eigenvalue weighted by Crippen LogP contribution is 2.30. The van der Waals surface area contributed by atoms with Crippen molar-refractivity contribution in [2.75, 3.05) is 19.6 Å². The molecule has 0 aromatic heterocycles. The molecular formula is C10H17NO3. The van der Waals surface area contributed by atoms with Crippen LogP contribution in [0.3, 0.4) is 0 Å². The number of fused-ring (bicyclic) bond motifs is 1. The summed E-state index contributed by atoms with van der Waals surface area (Å²) in [6, 6.07) is 0. The van der Waals surface area contributed by atoms with Crippen LogP contribution in [0.4, 0.5) is 0 Å². The minimum Gasteiger partial charge on any atom is -0.459 e. The average molecular weight is 199 g/mol. The van der Waals surface area contributed by atoms with E-state index in [0.717, 1.165) is 13.1 Å². The molecule has 0 radical (unpaired) electrons. The molecule has 2 atom stereocenters. The zero-order chi connectivity index (χ0) is 10.3. The molecule has 0 amide bonds. The summed E-state index contributed by atoms with van der Waals surface area (Å²) in [5, 5.41) is 0. The maximum Gasteiger partial charge on any atom is 0.320 e. The van der Waals surface area contributed by atoms with Crippen molar-refractivity contribution in [2.45, 2.75) is 38.6 Å². The number of likely N-dealkylation sites (tertiary alicyclic amines) is 1. The molecule has 2 unspecified atom stereocenters. The van der Waals surface area contributed by atoms with E-state index in [9.17, 15) is 4.79 Å². The van der Waals surface area contributed by atoms with Crippen LogP contribution in [-0.4, -0.2) is 48.3 Å². The van der Waals surface area contributed by atoms with E-state index in [1.165, 1.54) is 0 Å². The van der Waals surface area contributed by atoms with Crippen LogP contribution in [0.5, 0.6) is 0 Å². The average Bonchev–Trinajstić information content (AvgIpc) is 2.54. The molecule has 0 bridgehead atoms. The second-order valence-corrected chi connectivity index (χ2v) is 4.99. The monoisotopic (exact) mass is 199 g/mol. The van der Waals surface area contributed by atoms with Crippen LogP contribution in [0, 0.1) is 0 Å². The van der Waals surface area contributed by atoms with Gasteiger partial charge in [-0.25, -0.2) is 0 Å². The van der Waals surface area contributed by atoms with Gasteiger partial charge in [0.05, 0.1) is 18.8 Å². The molecule has 0 saturated carbocycles. The van der Waals surface area contributed by atoms with Gasteiger partial charge in [0.2, 0.25) is 0 Å². The van der Waals surface area contributed by atoms with Crippen LogP contribution in [0.15, 0.2) is 0 Å². The first-order valence-electron chi connectivity index (χ1n) is 5.04. The summed E-state index contributed by atoms with van der Waals surface area (Å²) in [7, 11) is 0. The Morgan fingerprint density at radius 1 is 1.43 bits per heavy atom. The van der Waals surface area contributed by atoms with Crippen LogP contribution in [0.2, 0.25) is 0 Å². The van der Waals surface area contributed by atoms with E-state index in [1.807, 2.05) is 20.8 Å². The van der Waals surface area contributed by atoms with Gasteiger partial charge in [0.25, 0.3) is 0 Å². The lowest BCUT2D eigenvalue weighted by Gasteiger charge is -2.22. The fourth-order valence-electron chi connectivity index (χ4n) is 1.77. The Labute approximate surface area is 84.2 Å². The van der Waals surface area contributed by atoms with Crippen molar-refractivity contribution in [3.8, 4) is 0 Å². The highest BCUT2D eigenvalue weighted by molar-refractivity contribution is 5.72. The van der Waals surface area contributed by atoms with Gasteiger partial charge in [0.1, 0.15) is 5.60 Å². The minimum absolute atomic E-state index is 0.140. The summed E-state index contributed by atoms with van der Waals surface area (Å²) >= 11 is 0. The first-order chi connectivity index (χ1) is 6.44. The van der Waals surface area contributed by atoms with Gasteiger partial charge in [-0.15, -0.1) is 0 Å². The highest BCUT2D eigenvalue weighted by Gasteiger charge is 2.47. The largest absolute Gasteiger partial charge is 0.459 e. The van der Waals surface area contributed by atoms with E-state index in [0.29, 0.717) is 18.8 Å². The van der Waals surface area contributed by atoms with Gasteiger partial charge in [0, 0.05) is 13.1 Å². The highest BCUT2D eigenvalue weighted by atomic mass is 16.6. The predicted molar refractivity (Wildman–Crippen MR) is 50.9 cm³/mol. The van der Waals surface area contributed by atoms with Gasteiger partial charge in [-0.3, -0.25) is 9.69 Å². The van der Waals surface area contributed by atoms with Crippen LogP contribution in [0.1, 0.15) is 20.8 Å². The third-order valence-electron chi connectivity index (χ3n) is 2.34. The number of carbonyl (C=O) groups is 1. The second kappa shape index (κ2) is 3.21. The SMILES string of the molecule is CC(C)(C)OC(=O)CN1CC2OC2C1. The number of hydrogen-bond donors (Lipinski definition) is 0. The number of hydrogen-bond acceptors (Lipinski definition) is 4. The standard InChI is InChI=1S/C10H17NO3/c1-10(2,3)14-9(12)6-11-4-7-8(5-11)13-7/h7-8H,4-6H2,1-3H3. The fraction of sp³-hybridized carbons (Fsp3) is 0.900. The zero-order valence-corrected chi connectivity index (χ0v) is 8.95. The molecule has 14 heavy (non-hydrogen) atoms. The Hall–Kier alpha value is -0.610. The maximum atomic E-state index is 11.4. The molecule has 0 aromatic carbocycles. The lowest BCUT2D eigenvalue weighted by molar-refractivity contribution is -0.156. The summed E-state index contributed by atoms with van der Waals surface area (Å²) in [5.74, 6) is -0.140. The molecule has 80 valence electrons. The van der Waals surface area contributed by atoms with Crippen LogP contribution < -0.4 is 0 Å². The van der Waals surface area contributed by atoms with Gasteiger partial charge in [-0.2, -0.15) is 0 Å². The molecule has 2 rings (SSSR count). The number of rotatable bonds is 2. The Kier molecular flexibility index (Phi) is 2.27. The first kappa shape index (κ1) is 9.93. The topological polar surface area (TPSA) is 42.1 Å². The second-order valence-electron chi connectivity index (χ2n) is 4.99. The molecule has 0 spiro atoms. The predicted octanol–water partition coefficient (Wildman–Crippen LogP) is 0.411. The molecule has 2 saturated heterocycles. The number of ether oxygens (including phenoxy) is 2. The van der Waals surface area contributed by atoms with Crippen molar-refractivity contribution < 1.29 is 14.3 Å². The molecule has 0 N–H and O–H groups in total. The first-order valence-corrected chi connectivity index (χ1v) is 5.04. The summed E-state index contributed by atoms with van der Waals surface area (Å²) in [5.41, 5.74) is -0.379. The summed E-state index contributed by atoms with van der Waals surface area (Å²) in [4.78, 5) is 13.5. The van der Waals surface area contributed by atoms with E-state index in [4.69, 9.17) is 9.47 Å². The maximum absolute atomic E-state index is 11.4. The molecular weight excluding hydrogens is 182 g/mol. The molecule has 2 aliphatic heterocycles. The number of morpholine rings is 1. The van der Waals surface area contributed by atoms with Gasteiger partial charge < -0.3 is 9.47 Å². The van der Waals surface area contributed by atoms with Crippen molar-refractivity contribution in [2.24, 2.45) is 0 Å². The van der Waals surface area contributed by atoms with E-state index in [1.54, 1.807) is 0 Å². The fourth-order valence-corrected chi connectivity index (χ4v) is 1.77. The Morgan fingerprint density at radius 2 is 2.00 bits per heavy atom. The smallest absolute Gasteiger partial charge is 0.320 e. The third kappa shape index (κ3) is 2.45. The third-order valence-corrected chi connectivity index (χ3v) is 2.34. The molecule has 2 aliphatic rings. The van der Waals surface area contributed by atoms with Crippen molar-refractivity contribution in [1.82, 2.24) is 4.90 Å². The summed E-state index contributed by atoms with van der Waals surface area (Å²) in [6.45, 7) is 7.81. The lowest BCUT2D eigenvalue weighted by Crippen LogP contribution is -2.35. The van der Waals surface area contributed by atoms with Crippen molar-refractivity contribution in [3.63, 3.8) is 0 Å². The molecule has 4 nitrogen and oxygen atoms in total. The van der Waals surface area contributed by atoms with Gasteiger partial charge in [-0.1, -0.05) is 0 Å². The number of carbonyl (C=O) groups excluding carboxylic acids is 1. The van der Waals surface area contributed by atoms with Crippen molar-refractivity contribution in [3.05, 3.63) is 0 Å². The quantitative estimate of drug-likeness (QED) is 0.477. The Bertz CT molecular complexity index is 236. The van der Waals surface area contributed by atoms with Gasteiger partial charge in [-0.05, 0) is 20.8 Å². The summed E-state index contributed by atoms with van der Waals surface area (Å²) in [6.07, 6.45) is 0.773. The molecule has 2 heterocycles. The van der Waals surface area contributed by atoms with E-state index >= 15 is 0 Å². The summed E-state index contributed by atoms with van der Waals surface area (Å²) < 4.78 is 10.5. The minimum atomic E-state index is -0.379. The van der Waals surface area contributed by atoms with Crippen LogP contribution >= 0.6 is 0 Å². The van der Waals surface area contributed by atoms with Crippen molar-refractivity contribution >= 4 is 5.97 Å². The normalized spacial score (nSPS) is 31.4. The molecule has 0 aromatic rings.